The second kappa shape index (κ2) is 4.71. The van der Waals surface area contributed by atoms with Gasteiger partial charge < -0.3 is 0 Å². The predicted octanol–water partition coefficient (Wildman–Crippen LogP) is 2.69. The molecule has 0 spiro atoms. The molecule has 0 bridgehead atoms. The van der Waals surface area contributed by atoms with Crippen LogP contribution >= 0.6 is 0 Å². The Labute approximate surface area is 55.3 Å². The second-order valence-corrected chi connectivity index (χ2v) is 2.11. The van der Waals surface area contributed by atoms with Crippen LogP contribution in [0.3, 0.4) is 0 Å². The van der Waals surface area contributed by atoms with E-state index in [0.717, 1.165) is 0 Å². The third-order valence-electron chi connectivity index (χ3n) is 1.23. The van der Waals surface area contributed by atoms with Crippen LogP contribution in [0.25, 0.3) is 0 Å². The van der Waals surface area contributed by atoms with Crippen molar-refractivity contribution in [1.82, 2.24) is 0 Å². The van der Waals surface area contributed by atoms with Crippen molar-refractivity contribution in [1.29, 1.82) is 0 Å². The van der Waals surface area contributed by atoms with Crippen molar-refractivity contribution in [3.63, 3.8) is 0 Å². The molecular formula is C7H13F2. The topological polar surface area (TPSA) is 0 Å². The molecule has 0 rings (SSSR count). The van der Waals surface area contributed by atoms with Gasteiger partial charge in [-0.3, -0.25) is 0 Å². The van der Waals surface area contributed by atoms with Gasteiger partial charge in [-0.25, -0.2) is 8.78 Å². The zero-order chi connectivity index (χ0) is 7.28. The summed E-state index contributed by atoms with van der Waals surface area (Å²) in [5, 5.41) is 0. The molecule has 0 aromatic rings. The first-order valence-electron chi connectivity index (χ1n) is 3.29. The summed E-state index contributed by atoms with van der Waals surface area (Å²) < 4.78 is 24.7. The molecule has 2 unspecified atom stereocenters. The van der Waals surface area contributed by atoms with Gasteiger partial charge in [0.05, 0.1) is 0 Å². The van der Waals surface area contributed by atoms with Gasteiger partial charge in [-0.15, -0.1) is 0 Å². The average Bonchev–Trinajstić information content (AvgIpc) is 1.87. The monoisotopic (exact) mass is 135 g/mol. The van der Waals surface area contributed by atoms with Gasteiger partial charge in [0.25, 0.3) is 0 Å². The van der Waals surface area contributed by atoms with E-state index < -0.39 is 12.3 Å². The molecule has 0 aliphatic rings. The van der Waals surface area contributed by atoms with Gasteiger partial charge >= 0.3 is 0 Å². The molecule has 0 fully saturated rings. The quantitative estimate of drug-likeness (QED) is 0.556. The molecule has 0 saturated carbocycles. The lowest BCUT2D eigenvalue weighted by Gasteiger charge is -2.08. The molecule has 9 heavy (non-hydrogen) atoms. The van der Waals surface area contributed by atoms with Crippen LogP contribution in [0, 0.1) is 6.92 Å². The van der Waals surface area contributed by atoms with Crippen LogP contribution in [-0.2, 0) is 0 Å². The van der Waals surface area contributed by atoms with Gasteiger partial charge in [-0.05, 0) is 12.8 Å². The second-order valence-electron chi connectivity index (χ2n) is 2.11. The summed E-state index contributed by atoms with van der Waals surface area (Å²) in [7, 11) is 0. The number of hydrogen-bond donors (Lipinski definition) is 0. The van der Waals surface area contributed by atoms with Gasteiger partial charge in [0, 0.05) is 0 Å². The first-order valence-corrected chi connectivity index (χ1v) is 3.29. The van der Waals surface area contributed by atoms with Gasteiger partial charge in [-0.1, -0.05) is 20.3 Å². The molecule has 0 aromatic heterocycles. The fourth-order valence-corrected chi connectivity index (χ4v) is 0.637. The Hall–Kier alpha value is -0.140. The molecule has 0 aromatic carbocycles. The minimum absolute atomic E-state index is 0.0428. The highest BCUT2D eigenvalue weighted by Gasteiger charge is 2.16. The van der Waals surface area contributed by atoms with E-state index in [1.807, 2.05) is 6.92 Å². The van der Waals surface area contributed by atoms with Crippen molar-refractivity contribution < 1.29 is 8.78 Å². The van der Waals surface area contributed by atoms with E-state index >= 15 is 0 Å². The molecule has 55 valence electrons. The van der Waals surface area contributed by atoms with E-state index in [9.17, 15) is 8.78 Å². The van der Waals surface area contributed by atoms with Crippen LogP contribution in [0.5, 0.6) is 0 Å². The molecule has 0 aliphatic carbocycles. The third kappa shape index (κ3) is 3.44. The average molecular weight is 135 g/mol. The highest BCUT2D eigenvalue weighted by atomic mass is 19.2. The summed E-state index contributed by atoms with van der Waals surface area (Å²) in [5.74, 6) is 0. The maximum absolute atomic E-state index is 12.4. The van der Waals surface area contributed by atoms with Crippen molar-refractivity contribution in [2.45, 2.75) is 38.5 Å². The summed E-state index contributed by atoms with van der Waals surface area (Å²) in [6.07, 6.45) is -1.60. The summed E-state index contributed by atoms with van der Waals surface area (Å²) in [6.45, 7) is 5.11. The SMILES string of the molecule is [CH2]CC(F)C(F)CCC. The van der Waals surface area contributed by atoms with Gasteiger partial charge in [0.1, 0.15) is 12.3 Å². The van der Waals surface area contributed by atoms with E-state index in [-0.39, 0.29) is 6.42 Å². The summed E-state index contributed by atoms with van der Waals surface area (Å²) in [6, 6.07) is 0. The minimum Gasteiger partial charge on any atom is -0.244 e. The van der Waals surface area contributed by atoms with E-state index in [1.165, 1.54) is 0 Å². The third-order valence-corrected chi connectivity index (χ3v) is 1.23. The smallest absolute Gasteiger partial charge is 0.131 e. The summed E-state index contributed by atoms with van der Waals surface area (Å²) in [4.78, 5) is 0. The maximum atomic E-state index is 12.4. The van der Waals surface area contributed by atoms with Gasteiger partial charge in [-0.2, -0.15) is 0 Å². The van der Waals surface area contributed by atoms with Crippen molar-refractivity contribution in [3.8, 4) is 0 Å². The summed E-state index contributed by atoms with van der Waals surface area (Å²) in [5.41, 5.74) is 0. The fraction of sp³-hybridized carbons (Fsp3) is 0.857. The van der Waals surface area contributed by atoms with Gasteiger partial charge in [0.2, 0.25) is 0 Å². The van der Waals surface area contributed by atoms with Crippen LogP contribution in [0.4, 0.5) is 8.78 Å². The van der Waals surface area contributed by atoms with Gasteiger partial charge in [0.15, 0.2) is 0 Å². The number of halogens is 2. The van der Waals surface area contributed by atoms with Crippen molar-refractivity contribution in [2.24, 2.45) is 0 Å². The molecule has 0 nitrogen and oxygen atoms in total. The molecule has 0 amide bonds. The lowest BCUT2D eigenvalue weighted by Crippen LogP contribution is -2.15. The molecule has 2 heteroatoms. The lowest BCUT2D eigenvalue weighted by atomic mass is 10.1. The standard InChI is InChI=1S/C7H13F2/c1-3-5-7(9)6(8)4-2/h6-7H,2-5H2,1H3. The largest absolute Gasteiger partial charge is 0.244 e. The minimum atomic E-state index is -1.36. The first kappa shape index (κ1) is 8.86. The van der Waals surface area contributed by atoms with Crippen LogP contribution in [0.1, 0.15) is 26.2 Å². The Bertz CT molecular complexity index is 63.9. The van der Waals surface area contributed by atoms with Crippen LogP contribution in [-0.4, -0.2) is 12.3 Å². The molecule has 0 N–H and O–H groups in total. The van der Waals surface area contributed by atoms with Crippen LogP contribution < -0.4 is 0 Å². The Morgan fingerprint density at radius 2 is 1.89 bits per heavy atom. The van der Waals surface area contributed by atoms with E-state index in [1.54, 1.807) is 0 Å². The molecule has 2 atom stereocenters. The normalized spacial score (nSPS) is 17.3. The highest BCUT2D eigenvalue weighted by molar-refractivity contribution is 4.67. The first-order chi connectivity index (χ1) is 4.22. The number of hydrogen-bond acceptors (Lipinski definition) is 0. The lowest BCUT2D eigenvalue weighted by molar-refractivity contribution is 0.158. The summed E-state index contributed by atoms with van der Waals surface area (Å²) >= 11 is 0. The van der Waals surface area contributed by atoms with E-state index in [4.69, 9.17) is 0 Å². The number of alkyl halides is 2. The Balaban J connectivity index is 3.32. The molecule has 0 aliphatic heterocycles. The molecular weight excluding hydrogens is 122 g/mol. The Morgan fingerprint density at radius 1 is 1.33 bits per heavy atom. The van der Waals surface area contributed by atoms with E-state index in [0.29, 0.717) is 12.8 Å². The van der Waals surface area contributed by atoms with E-state index in [2.05, 4.69) is 6.92 Å². The molecule has 0 heterocycles. The number of rotatable bonds is 4. The maximum Gasteiger partial charge on any atom is 0.131 e. The molecule has 1 radical (unpaired) electrons. The predicted molar refractivity (Wildman–Crippen MR) is 34.7 cm³/mol. The zero-order valence-electron chi connectivity index (χ0n) is 5.74. The zero-order valence-corrected chi connectivity index (χ0v) is 5.74. The fourth-order valence-electron chi connectivity index (χ4n) is 0.637. The van der Waals surface area contributed by atoms with Crippen molar-refractivity contribution in [3.05, 3.63) is 6.92 Å². The Kier molecular flexibility index (Phi) is 4.64. The van der Waals surface area contributed by atoms with Crippen LogP contribution in [0.15, 0.2) is 0 Å². The highest BCUT2D eigenvalue weighted by Crippen LogP contribution is 2.12. The van der Waals surface area contributed by atoms with Crippen LogP contribution in [0.2, 0.25) is 0 Å². The van der Waals surface area contributed by atoms with Crippen molar-refractivity contribution >= 4 is 0 Å². The Morgan fingerprint density at radius 3 is 2.22 bits per heavy atom. The molecule has 0 saturated heterocycles. The van der Waals surface area contributed by atoms with Crippen molar-refractivity contribution in [2.75, 3.05) is 0 Å².